The van der Waals surface area contributed by atoms with Crippen molar-refractivity contribution in [2.24, 2.45) is 0 Å². The summed E-state index contributed by atoms with van der Waals surface area (Å²) in [6.45, 7) is 2.51. The molecule has 0 unspecified atom stereocenters. The van der Waals surface area contributed by atoms with Gasteiger partial charge in [0.15, 0.2) is 5.82 Å². The second-order valence-corrected chi connectivity index (χ2v) is 8.44. The molecule has 0 saturated heterocycles. The highest BCUT2D eigenvalue weighted by atomic mass is 35.5. The highest BCUT2D eigenvalue weighted by Gasteiger charge is 2.23. The molecule has 0 bridgehead atoms. The summed E-state index contributed by atoms with van der Waals surface area (Å²) in [6.07, 6.45) is 6.37. The molecule has 0 saturated carbocycles. The van der Waals surface area contributed by atoms with Crippen molar-refractivity contribution in [3.63, 3.8) is 0 Å². The summed E-state index contributed by atoms with van der Waals surface area (Å²) in [5.41, 5.74) is 0.677. The van der Waals surface area contributed by atoms with Gasteiger partial charge in [-0.1, -0.05) is 11.6 Å². The molecule has 0 radical (unpaired) electrons. The Labute approximate surface area is 225 Å². The van der Waals surface area contributed by atoms with E-state index in [4.69, 9.17) is 16.7 Å². The molecule has 1 atom stereocenters. The van der Waals surface area contributed by atoms with Gasteiger partial charge in [0.1, 0.15) is 18.2 Å². The molecule has 3 aromatic heterocycles. The van der Waals surface area contributed by atoms with Gasteiger partial charge in [-0.25, -0.2) is 14.2 Å². The monoisotopic (exact) mass is 553 g/mol. The molecule has 3 heterocycles. The van der Waals surface area contributed by atoms with Crippen LogP contribution in [0.2, 0.25) is 5.02 Å². The van der Waals surface area contributed by atoms with Crippen LogP contribution in [0.15, 0.2) is 55.1 Å². The third-order valence-electron chi connectivity index (χ3n) is 5.43. The number of hydrogen-bond donors (Lipinski definition) is 3. The fraction of sp³-hybridized carbons (Fsp3) is 0.167. The smallest absolute Gasteiger partial charge is 0.337 e. The summed E-state index contributed by atoms with van der Waals surface area (Å²) in [5.74, 6) is -3.19. The summed E-state index contributed by atoms with van der Waals surface area (Å²) in [4.78, 5) is 40.9. The van der Waals surface area contributed by atoms with Crippen LogP contribution in [0.5, 0.6) is 0 Å². The molecule has 15 heteroatoms. The predicted octanol–water partition coefficient (Wildman–Crippen LogP) is 2.14. The molecule has 0 spiro atoms. The lowest BCUT2D eigenvalue weighted by Gasteiger charge is -2.17. The number of nitrogens with zero attached hydrogens (tertiary/aromatic N) is 7. The number of hydrogen-bond acceptors (Lipinski definition) is 8. The quantitative estimate of drug-likeness (QED) is 0.249. The molecule has 39 heavy (non-hydrogen) atoms. The number of carboxylic acids is 1. The van der Waals surface area contributed by atoms with Crippen molar-refractivity contribution in [1.29, 1.82) is 0 Å². The summed E-state index contributed by atoms with van der Waals surface area (Å²) in [6, 6.07) is 6.04. The van der Waals surface area contributed by atoms with E-state index in [1.54, 1.807) is 16.9 Å². The Kier molecular flexibility index (Phi) is 8.36. The molecule has 13 nitrogen and oxygen atoms in total. The van der Waals surface area contributed by atoms with Crippen molar-refractivity contribution in [1.82, 2.24) is 40.3 Å². The van der Waals surface area contributed by atoms with Crippen molar-refractivity contribution in [3.05, 3.63) is 82.8 Å². The molecular formula is C24H21ClFN9O4. The first-order valence-electron chi connectivity index (χ1n) is 11.5. The third-order valence-corrected chi connectivity index (χ3v) is 5.73. The van der Waals surface area contributed by atoms with Crippen molar-refractivity contribution < 1.29 is 23.9 Å². The number of benzene rings is 1. The van der Waals surface area contributed by atoms with Crippen LogP contribution in [-0.4, -0.2) is 63.9 Å². The first kappa shape index (κ1) is 27.1. The standard InChI is InChI=1S/C24H21ClFN9O4/c1-2-34-10-9-15(31-34)11-18(23(37)30-20-7-3-14(12-27-20)24(38)39)29-21(36)8-4-16-19(35-13-28-32-33-35)6-5-17(25)22(16)26/h3-10,12-13,18H,2,11H2,1H3,(H,29,36)(H,38,39)(H,27,30,37)/t18-/m0/s1. The minimum Gasteiger partial charge on any atom is -0.478 e. The number of carbonyl (C=O) groups is 3. The Morgan fingerprint density at radius 2 is 2.03 bits per heavy atom. The lowest BCUT2D eigenvalue weighted by atomic mass is 10.1. The first-order chi connectivity index (χ1) is 18.7. The highest BCUT2D eigenvalue weighted by Crippen LogP contribution is 2.25. The van der Waals surface area contributed by atoms with Gasteiger partial charge >= 0.3 is 5.97 Å². The average molecular weight is 554 g/mol. The molecule has 2 amide bonds. The van der Waals surface area contributed by atoms with Gasteiger partial charge in [-0.2, -0.15) is 9.78 Å². The van der Waals surface area contributed by atoms with Gasteiger partial charge in [0.05, 0.1) is 22.0 Å². The maximum Gasteiger partial charge on any atom is 0.337 e. The zero-order valence-corrected chi connectivity index (χ0v) is 21.1. The molecule has 3 N–H and O–H groups in total. The average Bonchev–Trinajstić information content (AvgIpc) is 3.62. The number of amides is 2. The molecular weight excluding hydrogens is 533 g/mol. The number of tetrazole rings is 1. The van der Waals surface area contributed by atoms with E-state index in [0.29, 0.717) is 12.2 Å². The number of rotatable bonds is 10. The first-order valence-corrected chi connectivity index (χ1v) is 11.9. The number of aromatic nitrogens is 7. The number of anilines is 1. The van der Waals surface area contributed by atoms with Crippen LogP contribution in [0.25, 0.3) is 11.8 Å². The van der Waals surface area contributed by atoms with Crippen LogP contribution in [-0.2, 0) is 22.6 Å². The van der Waals surface area contributed by atoms with E-state index in [-0.39, 0.29) is 34.1 Å². The van der Waals surface area contributed by atoms with E-state index in [2.05, 4.69) is 36.2 Å². The van der Waals surface area contributed by atoms with Gasteiger partial charge in [-0.05, 0) is 53.8 Å². The van der Waals surface area contributed by atoms with Crippen molar-refractivity contribution in [2.75, 3.05) is 5.32 Å². The van der Waals surface area contributed by atoms with Crippen LogP contribution in [0.4, 0.5) is 10.2 Å². The Bertz CT molecular complexity index is 1520. The number of halogens is 2. The molecule has 200 valence electrons. The minimum atomic E-state index is -1.16. The highest BCUT2D eigenvalue weighted by molar-refractivity contribution is 6.31. The van der Waals surface area contributed by atoms with Gasteiger partial charge in [-0.15, -0.1) is 5.10 Å². The molecule has 0 aliphatic carbocycles. The zero-order chi connectivity index (χ0) is 27.9. The number of pyridine rings is 1. The van der Waals surface area contributed by atoms with Crippen LogP contribution >= 0.6 is 11.6 Å². The summed E-state index contributed by atoms with van der Waals surface area (Å²) in [5, 5.41) is 29.2. The van der Waals surface area contributed by atoms with E-state index >= 15 is 0 Å². The van der Waals surface area contributed by atoms with E-state index < -0.39 is 29.6 Å². The van der Waals surface area contributed by atoms with Crippen LogP contribution in [0.3, 0.4) is 0 Å². The summed E-state index contributed by atoms with van der Waals surface area (Å²) < 4.78 is 17.7. The number of nitrogens with one attached hydrogen (secondary N) is 2. The van der Waals surface area contributed by atoms with Gasteiger partial charge in [0, 0.05) is 37.0 Å². The number of aryl methyl sites for hydroxylation is 1. The number of aromatic carboxylic acids is 1. The maximum absolute atomic E-state index is 14.8. The predicted molar refractivity (Wildman–Crippen MR) is 137 cm³/mol. The molecule has 0 aliphatic heterocycles. The van der Waals surface area contributed by atoms with E-state index in [1.807, 2.05) is 6.92 Å². The minimum absolute atomic E-state index is 0.0347. The van der Waals surface area contributed by atoms with E-state index in [0.717, 1.165) is 12.3 Å². The second kappa shape index (κ2) is 12.0. The number of carbonyl (C=O) groups excluding carboxylic acids is 2. The van der Waals surface area contributed by atoms with Gasteiger partial charge in [0.2, 0.25) is 11.8 Å². The fourth-order valence-electron chi connectivity index (χ4n) is 3.48. The normalized spacial score (nSPS) is 11.9. The van der Waals surface area contributed by atoms with Gasteiger partial charge < -0.3 is 15.7 Å². The third kappa shape index (κ3) is 6.67. The SMILES string of the molecule is CCn1ccc(C[C@H](NC(=O)C=Cc2c(-n3cnnn3)ccc(Cl)c2F)C(=O)Nc2ccc(C(=O)O)cn2)n1. The van der Waals surface area contributed by atoms with Crippen molar-refractivity contribution in [3.8, 4) is 5.69 Å². The lowest BCUT2D eigenvalue weighted by molar-refractivity contribution is -0.123. The molecule has 0 fully saturated rings. The fourth-order valence-corrected chi connectivity index (χ4v) is 3.64. The topological polar surface area (TPSA) is 170 Å². The lowest BCUT2D eigenvalue weighted by Crippen LogP contribution is -2.45. The summed E-state index contributed by atoms with van der Waals surface area (Å²) >= 11 is 5.93. The van der Waals surface area contributed by atoms with Crippen LogP contribution in [0, 0.1) is 5.82 Å². The molecule has 0 aliphatic rings. The molecule has 4 aromatic rings. The Morgan fingerprint density at radius 1 is 1.21 bits per heavy atom. The Morgan fingerprint density at radius 3 is 2.67 bits per heavy atom. The van der Waals surface area contributed by atoms with E-state index in [9.17, 15) is 18.8 Å². The Hall–Kier alpha value is -4.98. The Balaban J connectivity index is 1.55. The van der Waals surface area contributed by atoms with Crippen molar-refractivity contribution >= 4 is 41.3 Å². The zero-order valence-electron chi connectivity index (χ0n) is 20.3. The molecule has 1 aromatic carbocycles. The van der Waals surface area contributed by atoms with Crippen LogP contribution < -0.4 is 10.6 Å². The van der Waals surface area contributed by atoms with E-state index in [1.165, 1.54) is 41.4 Å². The second-order valence-electron chi connectivity index (χ2n) is 8.04. The van der Waals surface area contributed by atoms with Crippen molar-refractivity contribution in [2.45, 2.75) is 25.9 Å². The number of carboxylic acid groups (broad SMARTS) is 1. The van der Waals surface area contributed by atoms with Gasteiger partial charge in [-0.3, -0.25) is 14.3 Å². The largest absolute Gasteiger partial charge is 0.478 e. The van der Waals surface area contributed by atoms with Gasteiger partial charge in [0.25, 0.3) is 0 Å². The molecule has 4 rings (SSSR count). The van der Waals surface area contributed by atoms with Crippen LogP contribution in [0.1, 0.15) is 28.5 Å². The summed E-state index contributed by atoms with van der Waals surface area (Å²) in [7, 11) is 0. The maximum atomic E-state index is 14.8.